The minimum Gasteiger partial charge on any atom is -0.388 e. The topological polar surface area (TPSA) is 20.2 Å². The van der Waals surface area contributed by atoms with Gasteiger partial charge < -0.3 is 5.11 Å². The number of hydrogen-bond acceptors (Lipinski definition) is 1. The summed E-state index contributed by atoms with van der Waals surface area (Å²) in [7, 11) is 0. The third-order valence-electron chi connectivity index (χ3n) is 2.90. The quantitative estimate of drug-likeness (QED) is 0.499. The number of benzene rings is 1. The van der Waals surface area contributed by atoms with E-state index in [2.05, 4.69) is 0 Å². The van der Waals surface area contributed by atoms with Crippen molar-refractivity contribution in [3.05, 3.63) is 34.6 Å². The van der Waals surface area contributed by atoms with Crippen LogP contribution in [0.25, 0.3) is 0 Å². The van der Waals surface area contributed by atoms with Gasteiger partial charge in [0, 0.05) is 0 Å². The fourth-order valence-corrected chi connectivity index (χ4v) is 1.58. The minimum absolute atomic E-state index is 0.0746. The summed E-state index contributed by atoms with van der Waals surface area (Å²) < 4.78 is 65.3. The van der Waals surface area contributed by atoms with Crippen LogP contribution < -0.4 is 0 Å². The molecule has 102 valence electrons. The van der Waals surface area contributed by atoms with Crippen molar-refractivity contribution in [2.75, 3.05) is 0 Å². The Morgan fingerprint density at radius 2 is 1.28 bits per heavy atom. The van der Waals surface area contributed by atoms with Crippen LogP contribution in [0.15, 0.2) is 0 Å². The van der Waals surface area contributed by atoms with Crippen molar-refractivity contribution in [2.24, 2.45) is 5.92 Å². The molecule has 0 fully saturated rings. The van der Waals surface area contributed by atoms with Gasteiger partial charge in [0.2, 0.25) is 5.82 Å². The van der Waals surface area contributed by atoms with Gasteiger partial charge in [-0.2, -0.15) is 0 Å². The van der Waals surface area contributed by atoms with Crippen LogP contribution >= 0.6 is 0 Å². The van der Waals surface area contributed by atoms with Crippen molar-refractivity contribution >= 4 is 0 Å². The molecule has 0 spiro atoms. The first kappa shape index (κ1) is 14.9. The van der Waals surface area contributed by atoms with Crippen LogP contribution in [0.1, 0.15) is 38.4 Å². The zero-order valence-corrected chi connectivity index (χ0v) is 9.91. The molecule has 0 aliphatic carbocycles. The molecule has 0 saturated carbocycles. The second kappa shape index (κ2) is 5.65. The van der Waals surface area contributed by atoms with E-state index in [-0.39, 0.29) is 12.3 Å². The molecule has 0 aliphatic rings. The average Bonchev–Trinajstić information content (AvgIpc) is 2.34. The maximum absolute atomic E-state index is 13.3. The highest BCUT2D eigenvalue weighted by Crippen LogP contribution is 2.31. The van der Waals surface area contributed by atoms with Crippen LogP contribution in [0.4, 0.5) is 22.0 Å². The lowest BCUT2D eigenvalue weighted by Crippen LogP contribution is -2.13. The fraction of sp³-hybridized carbons (Fsp3) is 0.500. The summed E-state index contributed by atoms with van der Waals surface area (Å²) in [4.78, 5) is 0. The Hall–Kier alpha value is -1.17. The van der Waals surface area contributed by atoms with Crippen molar-refractivity contribution in [1.82, 2.24) is 0 Å². The van der Waals surface area contributed by atoms with E-state index in [1.807, 2.05) is 0 Å². The predicted molar refractivity (Wildman–Crippen MR) is 55.3 cm³/mol. The van der Waals surface area contributed by atoms with E-state index in [4.69, 9.17) is 0 Å². The van der Waals surface area contributed by atoms with E-state index in [0.29, 0.717) is 6.42 Å². The van der Waals surface area contributed by atoms with Gasteiger partial charge in [0.1, 0.15) is 0 Å². The van der Waals surface area contributed by atoms with Crippen LogP contribution in [0.5, 0.6) is 0 Å². The summed E-state index contributed by atoms with van der Waals surface area (Å²) in [5, 5.41) is 9.59. The van der Waals surface area contributed by atoms with Gasteiger partial charge in [-0.25, -0.2) is 22.0 Å². The molecule has 0 aromatic heterocycles. The molecule has 0 heterocycles. The molecule has 0 saturated heterocycles. The van der Waals surface area contributed by atoms with Crippen LogP contribution in [-0.2, 0) is 0 Å². The van der Waals surface area contributed by atoms with E-state index in [1.165, 1.54) is 0 Å². The Morgan fingerprint density at radius 3 is 1.67 bits per heavy atom. The number of hydrogen-bond donors (Lipinski definition) is 1. The Kier molecular flexibility index (Phi) is 4.67. The Labute approximate surface area is 101 Å². The van der Waals surface area contributed by atoms with Crippen LogP contribution in [0.2, 0.25) is 0 Å². The van der Waals surface area contributed by atoms with Gasteiger partial charge in [-0.1, -0.05) is 20.3 Å². The van der Waals surface area contributed by atoms with Gasteiger partial charge in [0.05, 0.1) is 11.7 Å². The van der Waals surface area contributed by atoms with Gasteiger partial charge in [-0.15, -0.1) is 0 Å². The average molecular weight is 268 g/mol. The second-order valence-electron chi connectivity index (χ2n) is 4.25. The van der Waals surface area contributed by atoms with Crippen molar-refractivity contribution in [3.8, 4) is 0 Å². The van der Waals surface area contributed by atoms with Crippen molar-refractivity contribution < 1.29 is 27.1 Å². The van der Waals surface area contributed by atoms with E-state index in [1.54, 1.807) is 13.8 Å². The van der Waals surface area contributed by atoms with E-state index in [9.17, 15) is 27.1 Å². The van der Waals surface area contributed by atoms with E-state index < -0.39 is 40.8 Å². The van der Waals surface area contributed by atoms with Gasteiger partial charge >= 0.3 is 0 Å². The maximum Gasteiger partial charge on any atom is 0.200 e. The Bertz CT molecular complexity index is 418. The maximum atomic E-state index is 13.3. The number of halogens is 5. The molecule has 18 heavy (non-hydrogen) atoms. The normalized spacial score (nSPS) is 14.7. The Balaban J connectivity index is 3.24. The first-order chi connectivity index (χ1) is 8.31. The number of rotatable bonds is 4. The van der Waals surface area contributed by atoms with Gasteiger partial charge in [-0.3, -0.25) is 0 Å². The van der Waals surface area contributed by atoms with Crippen molar-refractivity contribution in [3.63, 3.8) is 0 Å². The monoisotopic (exact) mass is 268 g/mol. The van der Waals surface area contributed by atoms with Crippen LogP contribution in [-0.4, -0.2) is 5.11 Å². The highest BCUT2D eigenvalue weighted by molar-refractivity contribution is 5.26. The fourth-order valence-electron chi connectivity index (χ4n) is 1.58. The molecule has 0 bridgehead atoms. The third kappa shape index (κ3) is 2.63. The second-order valence-corrected chi connectivity index (χ2v) is 4.25. The summed E-state index contributed by atoms with van der Waals surface area (Å²) in [6.07, 6.45) is -1.18. The van der Waals surface area contributed by atoms with Gasteiger partial charge in [0.25, 0.3) is 0 Å². The molecule has 1 nitrogen and oxygen atoms in total. The molecule has 0 radical (unpaired) electrons. The number of aliphatic hydroxyl groups is 1. The molecule has 2 atom stereocenters. The molecule has 1 rings (SSSR count). The summed E-state index contributed by atoms with van der Waals surface area (Å²) in [5.74, 6) is -10.3. The Morgan fingerprint density at radius 1 is 0.889 bits per heavy atom. The van der Waals surface area contributed by atoms with E-state index >= 15 is 0 Å². The minimum atomic E-state index is -2.22. The molecule has 0 amide bonds. The van der Waals surface area contributed by atoms with Crippen LogP contribution in [0, 0.1) is 35.0 Å². The summed E-state index contributed by atoms with van der Waals surface area (Å²) in [6.45, 7) is 3.49. The molecular weight excluding hydrogens is 255 g/mol. The van der Waals surface area contributed by atoms with Gasteiger partial charge in [0.15, 0.2) is 23.3 Å². The molecule has 0 aliphatic heterocycles. The van der Waals surface area contributed by atoms with Gasteiger partial charge in [-0.05, 0) is 12.3 Å². The number of aliphatic hydroxyl groups excluding tert-OH is 1. The zero-order valence-electron chi connectivity index (χ0n) is 9.91. The third-order valence-corrected chi connectivity index (χ3v) is 2.90. The van der Waals surface area contributed by atoms with Crippen LogP contribution in [0.3, 0.4) is 0 Å². The SMILES string of the molecule is CCC(C)CC(O)c1c(F)c(F)c(F)c(F)c1F. The molecule has 6 heteroatoms. The lowest BCUT2D eigenvalue weighted by atomic mass is 9.95. The summed E-state index contributed by atoms with van der Waals surface area (Å²) in [6, 6.07) is 0. The highest BCUT2D eigenvalue weighted by atomic mass is 19.2. The lowest BCUT2D eigenvalue weighted by molar-refractivity contribution is 0.134. The molecule has 1 N–H and O–H groups in total. The van der Waals surface area contributed by atoms with Crippen molar-refractivity contribution in [2.45, 2.75) is 32.8 Å². The summed E-state index contributed by atoms with van der Waals surface area (Å²) >= 11 is 0. The smallest absolute Gasteiger partial charge is 0.200 e. The molecular formula is C12H13F5O. The molecule has 1 aromatic rings. The summed E-state index contributed by atoms with van der Waals surface area (Å²) in [5.41, 5.74) is -1.16. The van der Waals surface area contributed by atoms with E-state index in [0.717, 1.165) is 0 Å². The molecule has 2 unspecified atom stereocenters. The first-order valence-electron chi connectivity index (χ1n) is 5.50. The largest absolute Gasteiger partial charge is 0.388 e. The zero-order chi connectivity index (χ0) is 14.0. The molecule has 1 aromatic carbocycles. The lowest BCUT2D eigenvalue weighted by Gasteiger charge is -2.17. The first-order valence-corrected chi connectivity index (χ1v) is 5.50. The predicted octanol–water partition coefficient (Wildman–Crippen LogP) is 3.85. The standard InChI is InChI=1S/C12H13F5O/c1-3-5(2)4-6(18)7-8(13)10(15)12(17)11(16)9(7)14/h5-6,18H,3-4H2,1-2H3. The van der Waals surface area contributed by atoms with Crippen molar-refractivity contribution in [1.29, 1.82) is 0 Å². The highest BCUT2D eigenvalue weighted by Gasteiger charge is 2.29.